The zero-order valence-electron chi connectivity index (χ0n) is 18.3. The fourth-order valence-electron chi connectivity index (χ4n) is 5.54. The van der Waals surface area contributed by atoms with Gasteiger partial charge in [0.25, 0.3) is 0 Å². The topological polar surface area (TPSA) is 12.0 Å². The molecule has 152 valence electrons. The Bertz CT molecular complexity index is 1080. The molecule has 2 atom stereocenters. The Morgan fingerprint density at radius 2 is 1.73 bits per heavy atom. The molecule has 2 unspecified atom stereocenters. The maximum absolute atomic E-state index is 3.89. The minimum absolute atomic E-state index is 0.0255. The summed E-state index contributed by atoms with van der Waals surface area (Å²) in [7, 11) is 0. The summed E-state index contributed by atoms with van der Waals surface area (Å²) < 4.78 is 0. The quantitative estimate of drug-likeness (QED) is 0.626. The van der Waals surface area contributed by atoms with Crippen LogP contribution in [-0.4, -0.2) is 12.6 Å². The van der Waals surface area contributed by atoms with Gasteiger partial charge < -0.3 is 5.32 Å². The normalized spacial score (nSPS) is 26.4. The molecule has 0 aromatic heterocycles. The molecular formula is C29H31N. The van der Waals surface area contributed by atoms with Crippen molar-refractivity contribution in [2.75, 3.05) is 6.54 Å². The van der Waals surface area contributed by atoms with E-state index in [-0.39, 0.29) is 10.8 Å². The Morgan fingerprint density at radius 1 is 0.967 bits per heavy atom. The Hall–Kier alpha value is -2.64. The van der Waals surface area contributed by atoms with Crippen LogP contribution in [-0.2, 0) is 10.8 Å². The van der Waals surface area contributed by atoms with Crippen molar-refractivity contribution in [3.63, 3.8) is 0 Å². The van der Waals surface area contributed by atoms with Crippen LogP contribution in [0.3, 0.4) is 0 Å². The lowest BCUT2D eigenvalue weighted by molar-refractivity contribution is 0.427. The first kappa shape index (κ1) is 19.3. The van der Waals surface area contributed by atoms with E-state index in [1.807, 2.05) is 0 Å². The Kier molecular flexibility index (Phi) is 4.67. The lowest BCUT2D eigenvalue weighted by Gasteiger charge is -2.39. The van der Waals surface area contributed by atoms with Crippen molar-refractivity contribution in [1.82, 2.24) is 5.32 Å². The van der Waals surface area contributed by atoms with Crippen molar-refractivity contribution < 1.29 is 0 Å². The van der Waals surface area contributed by atoms with Crippen LogP contribution < -0.4 is 5.32 Å². The van der Waals surface area contributed by atoms with Gasteiger partial charge in [0.15, 0.2) is 0 Å². The van der Waals surface area contributed by atoms with E-state index >= 15 is 0 Å². The molecule has 2 aromatic carbocycles. The zero-order valence-corrected chi connectivity index (χ0v) is 18.3. The first-order chi connectivity index (χ1) is 14.5. The monoisotopic (exact) mass is 393 g/mol. The maximum atomic E-state index is 3.89. The summed E-state index contributed by atoms with van der Waals surface area (Å²) in [5.41, 5.74) is 8.70. The van der Waals surface area contributed by atoms with Gasteiger partial charge in [-0.05, 0) is 42.0 Å². The molecule has 1 nitrogen and oxygen atoms in total. The highest BCUT2D eigenvalue weighted by molar-refractivity contribution is 5.87. The van der Waals surface area contributed by atoms with E-state index in [4.69, 9.17) is 0 Å². The summed E-state index contributed by atoms with van der Waals surface area (Å²) in [6.45, 7) is 7.93. The highest BCUT2D eigenvalue weighted by Crippen LogP contribution is 2.53. The molecule has 0 saturated carbocycles. The summed E-state index contributed by atoms with van der Waals surface area (Å²) in [6.07, 6.45) is 13.9. The van der Waals surface area contributed by atoms with Gasteiger partial charge in [0, 0.05) is 23.4 Å². The van der Waals surface area contributed by atoms with E-state index < -0.39 is 0 Å². The molecule has 0 fully saturated rings. The van der Waals surface area contributed by atoms with Crippen molar-refractivity contribution in [2.45, 2.75) is 50.5 Å². The number of rotatable bonds is 4. The van der Waals surface area contributed by atoms with Gasteiger partial charge in [-0.2, -0.15) is 0 Å². The molecule has 0 saturated heterocycles. The van der Waals surface area contributed by atoms with Gasteiger partial charge in [-0.15, -0.1) is 0 Å². The van der Waals surface area contributed by atoms with E-state index in [9.17, 15) is 0 Å². The second-order valence-corrected chi connectivity index (χ2v) is 9.63. The first-order valence-corrected chi connectivity index (χ1v) is 11.2. The molecule has 2 aromatic rings. The molecule has 5 rings (SSSR count). The van der Waals surface area contributed by atoms with E-state index in [0.29, 0.717) is 6.04 Å². The average molecular weight is 394 g/mol. The van der Waals surface area contributed by atoms with Crippen molar-refractivity contribution in [3.8, 4) is 0 Å². The summed E-state index contributed by atoms with van der Waals surface area (Å²) >= 11 is 0. The number of allylic oxidation sites excluding steroid dienone is 5. The molecule has 0 aliphatic heterocycles. The summed E-state index contributed by atoms with van der Waals surface area (Å²) in [5, 5.41) is 3.89. The van der Waals surface area contributed by atoms with Crippen LogP contribution in [0.15, 0.2) is 96.1 Å². The lowest BCUT2D eigenvalue weighted by atomic mass is 9.67. The maximum Gasteiger partial charge on any atom is 0.0298 e. The molecule has 0 amide bonds. The Balaban J connectivity index is 1.51. The van der Waals surface area contributed by atoms with Crippen LogP contribution in [0.4, 0.5) is 0 Å². The fourth-order valence-corrected chi connectivity index (χ4v) is 5.54. The molecule has 3 aliphatic carbocycles. The second kappa shape index (κ2) is 7.25. The van der Waals surface area contributed by atoms with Crippen LogP contribution in [0, 0.1) is 0 Å². The lowest BCUT2D eigenvalue weighted by Crippen LogP contribution is -2.43. The fraction of sp³-hybridized carbons (Fsp3) is 0.310. The molecule has 1 N–H and O–H groups in total. The van der Waals surface area contributed by atoms with Crippen LogP contribution in [0.25, 0.3) is 5.57 Å². The Labute approximate surface area is 180 Å². The number of benzene rings is 2. The van der Waals surface area contributed by atoms with Gasteiger partial charge in [0.1, 0.15) is 0 Å². The van der Waals surface area contributed by atoms with Crippen LogP contribution in [0.1, 0.15) is 50.3 Å². The summed E-state index contributed by atoms with van der Waals surface area (Å²) in [5.74, 6) is 0. The van der Waals surface area contributed by atoms with Crippen LogP contribution >= 0.6 is 0 Å². The van der Waals surface area contributed by atoms with Gasteiger partial charge >= 0.3 is 0 Å². The molecule has 0 bridgehead atoms. The van der Waals surface area contributed by atoms with E-state index in [0.717, 1.165) is 19.4 Å². The van der Waals surface area contributed by atoms with Gasteiger partial charge in [0.05, 0.1) is 0 Å². The smallest absolute Gasteiger partial charge is 0.0298 e. The van der Waals surface area contributed by atoms with Gasteiger partial charge in [0.2, 0.25) is 0 Å². The van der Waals surface area contributed by atoms with Gasteiger partial charge in [-0.25, -0.2) is 0 Å². The first-order valence-electron chi connectivity index (χ1n) is 11.2. The molecule has 1 heteroatoms. The van der Waals surface area contributed by atoms with Crippen molar-refractivity contribution in [2.24, 2.45) is 0 Å². The SMILES string of the molecule is CC1=CC(NCC2(c3ccccc3)C=CC3=C(C2)C(C)(C)c2ccccc23)CC=C1. The molecule has 3 aliphatic rings. The van der Waals surface area contributed by atoms with Crippen LogP contribution in [0.5, 0.6) is 0 Å². The number of fused-ring (bicyclic) bond motifs is 2. The van der Waals surface area contributed by atoms with Crippen LogP contribution in [0.2, 0.25) is 0 Å². The molecular weight excluding hydrogens is 362 g/mol. The molecule has 30 heavy (non-hydrogen) atoms. The Morgan fingerprint density at radius 3 is 2.53 bits per heavy atom. The highest BCUT2D eigenvalue weighted by atomic mass is 14.9. The predicted molar refractivity (Wildman–Crippen MR) is 128 cm³/mol. The largest absolute Gasteiger partial charge is 0.309 e. The third-order valence-corrected chi connectivity index (χ3v) is 7.29. The van der Waals surface area contributed by atoms with Gasteiger partial charge in [-0.3, -0.25) is 0 Å². The summed E-state index contributed by atoms with van der Waals surface area (Å²) in [6, 6.07) is 20.4. The minimum atomic E-state index is -0.0255. The number of hydrogen-bond donors (Lipinski definition) is 1. The third kappa shape index (κ3) is 3.13. The van der Waals surface area contributed by atoms with E-state index in [1.54, 1.807) is 5.57 Å². The van der Waals surface area contributed by atoms with Crippen molar-refractivity contribution in [1.29, 1.82) is 0 Å². The van der Waals surface area contributed by atoms with Gasteiger partial charge in [-0.1, -0.05) is 110 Å². The summed E-state index contributed by atoms with van der Waals surface area (Å²) in [4.78, 5) is 0. The average Bonchev–Trinajstić information content (AvgIpc) is 3.00. The highest BCUT2D eigenvalue weighted by Gasteiger charge is 2.44. The van der Waals surface area contributed by atoms with E-state index in [2.05, 4.69) is 111 Å². The van der Waals surface area contributed by atoms with Crippen molar-refractivity contribution in [3.05, 3.63) is 113 Å². The predicted octanol–water partition coefficient (Wildman–Crippen LogP) is 6.49. The molecule has 0 heterocycles. The third-order valence-electron chi connectivity index (χ3n) is 7.29. The molecule has 0 radical (unpaired) electrons. The second-order valence-electron chi connectivity index (χ2n) is 9.63. The standard InChI is InChI=1S/C29H31N/c1-21-10-9-13-23(18-21)30-20-29(22-11-5-4-6-12-22)17-16-25-24-14-7-8-15-26(24)28(2,3)27(25)19-29/h4-12,14-18,23,30H,13,19-20H2,1-3H3. The van der Waals surface area contributed by atoms with Crippen molar-refractivity contribution >= 4 is 5.57 Å². The van der Waals surface area contributed by atoms with E-state index in [1.165, 1.54) is 27.8 Å². The molecule has 0 spiro atoms. The zero-order chi connectivity index (χ0) is 20.8. The number of nitrogens with one attached hydrogen (secondary N) is 1. The minimum Gasteiger partial charge on any atom is -0.309 e. The number of hydrogen-bond acceptors (Lipinski definition) is 1.